The molecule has 1 unspecified atom stereocenters. The van der Waals surface area contributed by atoms with Crippen molar-refractivity contribution in [1.29, 1.82) is 0 Å². The number of amides is 1. The highest BCUT2D eigenvalue weighted by atomic mass is 16.1. The molecule has 0 aliphatic carbocycles. The van der Waals surface area contributed by atoms with E-state index in [4.69, 9.17) is 11.5 Å². The second-order valence-corrected chi connectivity index (χ2v) is 5.06. The second-order valence-electron chi connectivity index (χ2n) is 5.06. The van der Waals surface area contributed by atoms with Gasteiger partial charge < -0.3 is 11.5 Å². The van der Waals surface area contributed by atoms with Gasteiger partial charge >= 0.3 is 0 Å². The van der Waals surface area contributed by atoms with E-state index in [-0.39, 0.29) is 11.9 Å². The van der Waals surface area contributed by atoms with E-state index in [2.05, 4.69) is 32.0 Å². The molecule has 3 nitrogen and oxygen atoms in total. The van der Waals surface area contributed by atoms with Gasteiger partial charge in [-0.1, -0.05) is 38.5 Å². The molecule has 1 atom stereocenters. The van der Waals surface area contributed by atoms with E-state index in [1.54, 1.807) is 0 Å². The van der Waals surface area contributed by atoms with Gasteiger partial charge in [0.15, 0.2) is 0 Å². The molecule has 0 aromatic heterocycles. The van der Waals surface area contributed by atoms with Gasteiger partial charge in [-0.05, 0) is 42.4 Å². The fourth-order valence-electron chi connectivity index (χ4n) is 2.35. The molecule has 4 N–H and O–H groups in total. The lowest BCUT2D eigenvalue weighted by Crippen LogP contribution is -2.14. The number of nitrogens with two attached hydrogens (primary N) is 2. The number of hydrogen-bond donors (Lipinski definition) is 2. The molecule has 106 valence electrons. The molecule has 0 spiro atoms. The van der Waals surface area contributed by atoms with Crippen LogP contribution in [0.2, 0.25) is 0 Å². The summed E-state index contributed by atoms with van der Waals surface area (Å²) in [5, 5.41) is 0. The smallest absolute Gasteiger partial charge is 0.217 e. The first kappa shape index (κ1) is 15.7. The second kappa shape index (κ2) is 7.95. The average Bonchev–Trinajstić information content (AvgIpc) is 2.42. The minimum absolute atomic E-state index is 0.0642. The van der Waals surface area contributed by atoms with E-state index in [1.807, 2.05) is 0 Å². The van der Waals surface area contributed by atoms with E-state index in [1.165, 1.54) is 16.7 Å². The number of aryl methyl sites for hydroxylation is 2. The zero-order valence-corrected chi connectivity index (χ0v) is 12.1. The van der Waals surface area contributed by atoms with Crippen LogP contribution in [-0.2, 0) is 17.6 Å². The molecule has 0 saturated heterocycles. The molecule has 1 amide bonds. The molecule has 0 fully saturated rings. The summed E-state index contributed by atoms with van der Waals surface area (Å²) < 4.78 is 0. The third-order valence-electron chi connectivity index (χ3n) is 3.59. The van der Waals surface area contributed by atoms with E-state index < -0.39 is 0 Å². The summed E-state index contributed by atoms with van der Waals surface area (Å²) in [6.45, 7) is 4.31. The normalized spacial score (nSPS) is 12.4. The summed E-state index contributed by atoms with van der Waals surface area (Å²) in [6, 6.07) is 6.67. The Labute approximate surface area is 116 Å². The summed E-state index contributed by atoms with van der Waals surface area (Å²) in [4.78, 5) is 10.7. The molecule has 1 aromatic carbocycles. The Morgan fingerprint density at radius 1 is 1.21 bits per heavy atom. The number of hydrogen-bond acceptors (Lipinski definition) is 2. The standard InChI is InChI=1S/C16H26N2O/c1-3-12-9-10-13(4-2)14(11-12)15(17)7-5-6-8-16(18)19/h9-11,15H,3-8,17H2,1-2H3,(H2,18,19). The van der Waals surface area contributed by atoms with Crippen molar-refractivity contribution >= 4 is 5.91 Å². The lowest BCUT2D eigenvalue weighted by Gasteiger charge is -2.17. The van der Waals surface area contributed by atoms with E-state index in [0.29, 0.717) is 6.42 Å². The van der Waals surface area contributed by atoms with Crippen molar-refractivity contribution < 1.29 is 4.79 Å². The third-order valence-corrected chi connectivity index (χ3v) is 3.59. The van der Waals surface area contributed by atoms with Gasteiger partial charge in [-0.2, -0.15) is 0 Å². The lowest BCUT2D eigenvalue weighted by atomic mass is 9.93. The van der Waals surface area contributed by atoms with Crippen LogP contribution in [0.3, 0.4) is 0 Å². The molecule has 0 aliphatic rings. The zero-order valence-electron chi connectivity index (χ0n) is 12.1. The lowest BCUT2D eigenvalue weighted by molar-refractivity contribution is -0.118. The van der Waals surface area contributed by atoms with Crippen LogP contribution < -0.4 is 11.5 Å². The first-order chi connectivity index (χ1) is 9.08. The molecule has 1 aromatic rings. The Bertz CT molecular complexity index is 415. The Balaban J connectivity index is 2.63. The summed E-state index contributed by atoms with van der Waals surface area (Å²) in [5.41, 5.74) is 15.4. The number of rotatable bonds is 8. The largest absolute Gasteiger partial charge is 0.370 e. The van der Waals surface area contributed by atoms with Crippen molar-refractivity contribution in [2.24, 2.45) is 11.5 Å². The zero-order chi connectivity index (χ0) is 14.3. The molecule has 1 rings (SSSR count). The van der Waals surface area contributed by atoms with Gasteiger partial charge in [0.1, 0.15) is 0 Å². The summed E-state index contributed by atoms with van der Waals surface area (Å²) in [7, 11) is 0. The summed E-state index contributed by atoms with van der Waals surface area (Å²) >= 11 is 0. The number of unbranched alkanes of at least 4 members (excludes halogenated alkanes) is 1. The average molecular weight is 262 g/mol. The van der Waals surface area contributed by atoms with Crippen LogP contribution in [0.5, 0.6) is 0 Å². The molecule has 3 heteroatoms. The Morgan fingerprint density at radius 3 is 2.53 bits per heavy atom. The van der Waals surface area contributed by atoms with Crippen molar-refractivity contribution in [2.75, 3.05) is 0 Å². The van der Waals surface area contributed by atoms with Gasteiger partial charge in [0.25, 0.3) is 0 Å². The van der Waals surface area contributed by atoms with Gasteiger partial charge in [0.05, 0.1) is 0 Å². The summed E-state index contributed by atoms with van der Waals surface area (Å²) in [5.74, 6) is -0.226. The van der Waals surface area contributed by atoms with Gasteiger partial charge in [0.2, 0.25) is 5.91 Å². The van der Waals surface area contributed by atoms with Crippen molar-refractivity contribution in [1.82, 2.24) is 0 Å². The van der Waals surface area contributed by atoms with Gasteiger partial charge in [-0.25, -0.2) is 0 Å². The van der Waals surface area contributed by atoms with Crippen LogP contribution in [0.15, 0.2) is 18.2 Å². The SMILES string of the molecule is CCc1ccc(CC)c(C(N)CCCCC(N)=O)c1. The minimum Gasteiger partial charge on any atom is -0.370 e. The number of primary amides is 1. The summed E-state index contributed by atoms with van der Waals surface area (Å²) in [6.07, 6.45) is 5.19. The highest BCUT2D eigenvalue weighted by Gasteiger charge is 2.11. The van der Waals surface area contributed by atoms with E-state index >= 15 is 0 Å². The number of benzene rings is 1. The Kier molecular flexibility index (Phi) is 6.57. The third kappa shape index (κ3) is 5.03. The van der Waals surface area contributed by atoms with Gasteiger partial charge in [-0.15, -0.1) is 0 Å². The minimum atomic E-state index is -0.226. The monoisotopic (exact) mass is 262 g/mol. The van der Waals surface area contributed by atoms with Crippen LogP contribution in [0, 0.1) is 0 Å². The predicted octanol–water partition coefficient (Wildman–Crippen LogP) is 2.86. The Morgan fingerprint density at radius 2 is 1.95 bits per heavy atom. The van der Waals surface area contributed by atoms with Crippen molar-refractivity contribution in [3.05, 3.63) is 34.9 Å². The van der Waals surface area contributed by atoms with Gasteiger partial charge in [0, 0.05) is 12.5 Å². The van der Waals surface area contributed by atoms with Crippen LogP contribution in [0.1, 0.15) is 62.3 Å². The van der Waals surface area contributed by atoms with Crippen molar-refractivity contribution in [2.45, 2.75) is 58.4 Å². The molecule has 0 bridgehead atoms. The predicted molar refractivity (Wildman–Crippen MR) is 79.8 cm³/mol. The fraction of sp³-hybridized carbons (Fsp3) is 0.562. The molecule has 0 saturated carbocycles. The van der Waals surface area contributed by atoms with Crippen LogP contribution in [-0.4, -0.2) is 5.91 Å². The highest BCUT2D eigenvalue weighted by molar-refractivity contribution is 5.73. The maximum absolute atomic E-state index is 10.7. The first-order valence-electron chi connectivity index (χ1n) is 7.24. The van der Waals surface area contributed by atoms with Gasteiger partial charge in [-0.3, -0.25) is 4.79 Å². The molecule has 0 heterocycles. The quantitative estimate of drug-likeness (QED) is 0.707. The maximum Gasteiger partial charge on any atom is 0.217 e. The molecule has 0 radical (unpaired) electrons. The van der Waals surface area contributed by atoms with E-state index in [0.717, 1.165) is 32.1 Å². The maximum atomic E-state index is 10.7. The molecular formula is C16H26N2O. The fourth-order valence-corrected chi connectivity index (χ4v) is 2.35. The highest BCUT2D eigenvalue weighted by Crippen LogP contribution is 2.23. The molecule has 19 heavy (non-hydrogen) atoms. The molecule has 0 aliphatic heterocycles. The molecular weight excluding hydrogens is 236 g/mol. The van der Waals surface area contributed by atoms with Crippen molar-refractivity contribution in [3.8, 4) is 0 Å². The first-order valence-corrected chi connectivity index (χ1v) is 7.24. The van der Waals surface area contributed by atoms with Crippen molar-refractivity contribution in [3.63, 3.8) is 0 Å². The topological polar surface area (TPSA) is 69.1 Å². The number of carbonyl (C=O) groups is 1. The van der Waals surface area contributed by atoms with Crippen LogP contribution in [0.4, 0.5) is 0 Å². The number of carbonyl (C=O) groups excluding carboxylic acids is 1. The van der Waals surface area contributed by atoms with Crippen LogP contribution in [0.25, 0.3) is 0 Å². The Hall–Kier alpha value is -1.35. The van der Waals surface area contributed by atoms with Crippen LogP contribution >= 0.6 is 0 Å². The van der Waals surface area contributed by atoms with E-state index in [9.17, 15) is 4.79 Å².